The molecule has 0 heterocycles. The van der Waals surface area contributed by atoms with E-state index < -0.39 is 9.84 Å². The van der Waals surface area contributed by atoms with Crippen LogP contribution in [0.2, 0.25) is 0 Å². The normalized spacial score (nSPS) is 12.2. The van der Waals surface area contributed by atoms with E-state index in [-0.39, 0.29) is 5.75 Å². The van der Waals surface area contributed by atoms with Crippen molar-refractivity contribution in [1.29, 1.82) is 0 Å². The van der Waals surface area contributed by atoms with Gasteiger partial charge in [-0.25, -0.2) is 8.42 Å². The lowest BCUT2D eigenvalue weighted by molar-refractivity contribution is 0.283. The number of likely N-dealkylation sites (N-methyl/N-ethyl adjacent to an activating group) is 1. The first-order valence-electron chi connectivity index (χ1n) is 6.10. The van der Waals surface area contributed by atoms with Crippen LogP contribution >= 0.6 is 0 Å². The van der Waals surface area contributed by atoms with Gasteiger partial charge in [-0.05, 0) is 19.5 Å². The van der Waals surface area contributed by atoms with Crippen molar-refractivity contribution in [2.75, 3.05) is 44.7 Å². The number of rotatable bonds is 10. The molecule has 0 aromatic heterocycles. The summed E-state index contributed by atoms with van der Waals surface area (Å²) in [4.78, 5) is 2.39. The van der Waals surface area contributed by atoms with Crippen molar-refractivity contribution in [1.82, 2.24) is 10.2 Å². The number of nitrogens with one attached hydrogen (secondary N) is 1. The highest BCUT2D eigenvalue weighted by Crippen LogP contribution is 1.93. The first-order chi connectivity index (χ1) is 7.49. The van der Waals surface area contributed by atoms with Crippen molar-refractivity contribution in [2.45, 2.75) is 26.7 Å². The predicted molar refractivity (Wildman–Crippen MR) is 69.6 cm³/mol. The summed E-state index contributed by atoms with van der Waals surface area (Å²) in [7, 11) is -2.82. The molecule has 0 fully saturated rings. The largest absolute Gasteiger partial charge is 0.314 e. The maximum atomic E-state index is 10.9. The molecule has 0 aromatic carbocycles. The molecule has 0 saturated carbocycles. The van der Waals surface area contributed by atoms with Gasteiger partial charge in [-0.1, -0.05) is 20.3 Å². The second kappa shape index (κ2) is 8.96. The van der Waals surface area contributed by atoms with Gasteiger partial charge in [0, 0.05) is 25.9 Å². The molecule has 1 N–H and O–H groups in total. The highest BCUT2D eigenvalue weighted by molar-refractivity contribution is 7.90. The fourth-order valence-electron chi connectivity index (χ4n) is 1.43. The SMILES string of the molecule is CCCCN(CC)CCNCCS(C)(=O)=O. The Morgan fingerprint density at radius 2 is 1.81 bits per heavy atom. The van der Waals surface area contributed by atoms with Crippen LogP contribution < -0.4 is 5.32 Å². The standard InChI is InChI=1S/C11H26N2O2S/c1-4-6-9-13(5-2)10-7-12-8-11-16(3,14)15/h12H,4-11H2,1-3H3. The van der Waals surface area contributed by atoms with E-state index in [1.165, 1.54) is 19.1 Å². The average Bonchev–Trinajstić information content (AvgIpc) is 2.20. The molecule has 5 heteroatoms. The second-order valence-electron chi connectivity index (χ2n) is 4.17. The van der Waals surface area contributed by atoms with Gasteiger partial charge in [0.05, 0.1) is 5.75 Å². The Morgan fingerprint density at radius 3 is 2.31 bits per heavy atom. The van der Waals surface area contributed by atoms with E-state index in [4.69, 9.17) is 0 Å². The molecule has 98 valence electrons. The number of unbranched alkanes of at least 4 members (excludes halogenated alkanes) is 1. The number of hydrogen-bond acceptors (Lipinski definition) is 4. The van der Waals surface area contributed by atoms with Crippen LogP contribution in [0.5, 0.6) is 0 Å². The van der Waals surface area contributed by atoms with E-state index in [1.54, 1.807) is 0 Å². The van der Waals surface area contributed by atoms with Crippen LogP contribution in [0, 0.1) is 0 Å². The highest BCUT2D eigenvalue weighted by Gasteiger charge is 2.02. The Labute approximate surface area is 100 Å². The molecule has 0 radical (unpaired) electrons. The summed E-state index contributed by atoms with van der Waals surface area (Å²) >= 11 is 0. The van der Waals surface area contributed by atoms with Crippen LogP contribution in [0.25, 0.3) is 0 Å². The zero-order valence-electron chi connectivity index (χ0n) is 10.8. The monoisotopic (exact) mass is 250 g/mol. The zero-order valence-corrected chi connectivity index (χ0v) is 11.6. The smallest absolute Gasteiger partial charge is 0.148 e. The van der Waals surface area contributed by atoms with Gasteiger partial charge in [0.15, 0.2) is 0 Å². The molecule has 0 spiro atoms. The third-order valence-corrected chi connectivity index (χ3v) is 3.48. The van der Waals surface area contributed by atoms with Gasteiger partial charge >= 0.3 is 0 Å². The Hall–Kier alpha value is -0.130. The van der Waals surface area contributed by atoms with Gasteiger partial charge < -0.3 is 10.2 Å². The fourth-order valence-corrected chi connectivity index (χ4v) is 1.94. The third-order valence-electron chi connectivity index (χ3n) is 2.53. The van der Waals surface area contributed by atoms with Crippen LogP contribution in [0.15, 0.2) is 0 Å². The molecule has 0 aliphatic rings. The molecule has 0 unspecified atom stereocenters. The van der Waals surface area contributed by atoms with E-state index in [0.29, 0.717) is 6.54 Å². The van der Waals surface area contributed by atoms with E-state index in [9.17, 15) is 8.42 Å². The molecule has 0 aliphatic carbocycles. The van der Waals surface area contributed by atoms with Gasteiger partial charge in [-0.2, -0.15) is 0 Å². The summed E-state index contributed by atoms with van der Waals surface area (Å²) in [5.41, 5.74) is 0. The first-order valence-corrected chi connectivity index (χ1v) is 8.16. The number of hydrogen-bond donors (Lipinski definition) is 1. The highest BCUT2D eigenvalue weighted by atomic mass is 32.2. The van der Waals surface area contributed by atoms with Crippen molar-refractivity contribution in [2.24, 2.45) is 0 Å². The Morgan fingerprint density at radius 1 is 1.12 bits per heavy atom. The average molecular weight is 250 g/mol. The molecular formula is C11H26N2O2S. The minimum absolute atomic E-state index is 0.230. The Bertz CT molecular complexity index is 253. The molecule has 0 amide bonds. The Balaban J connectivity index is 3.48. The van der Waals surface area contributed by atoms with Crippen LogP contribution in [0.4, 0.5) is 0 Å². The van der Waals surface area contributed by atoms with Crippen LogP contribution in [-0.2, 0) is 9.84 Å². The second-order valence-corrected chi connectivity index (χ2v) is 6.43. The zero-order chi connectivity index (χ0) is 12.4. The summed E-state index contributed by atoms with van der Waals surface area (Å²) in [6.07, 6.45) is 3.73. The molecule has 0 atom stereocenters. The molecular weight excluding hydrogens is 224 g/mol. The molecule has 0 bridgehead atoms. The van der Waals surface area contributed by atoms with E-state index >= 15 is 0 Å². The van der Waals surface area contributed by atoms with Crippen molar-refractivity contribution >= 4 is 9.84 Å². The van der Waals surface area contributed by atoms with Crippen LogP contribution in [-0.4, -0.2) is 58.1 Å². The topological polar surface area (TPSA) is 49.4 Å². The fraction of sp³-hybridized carbons (Fsp3) is 1.00. The lowest BCUT2D eigenvalue weighted by Crippen LogP contribution is -2.34. The van der Waals surface area contributed by atoms with Gasteiger partial charge in [-0.3, -0.25) is 0 Å². The first kappa shape index (κ1) is 15.9. The number of nitrogens with zero attached hydrogens (tertiary/aromatic N) is 1. The van der Waals surface area contributed by atoms with Crippen molar-refractivity contribution in [3.8, 4) is 0 Å². The van der Waals surface area contributed by atoms with Gasteiger partial charge in [-0.15, -0.1) is 0 Å². The van der Waals surface area contributed by atoms with Gasteiger partial charge in [0.2, 0.25) is 0 Å². The summed E-state index contributed by atoms with van der Waals surface area (Å²) < 4.78 is 21.8. The van der Waals surface area contributed by atoms with E-state index in [0.717, 1.165) is 26.2 Å². The number of sulfone groups is 1. The lowest BCUT2D eigenvalue weighted by Gasteiger charge is -2.20. The molecule has 0 aliphatic heterocycles. The Kier molecular flexibility index (Phi) is 8.89. The van der Waals surface area contributed by atoms with E-state index in [2.05, 4.69) is 24.1 Å². The summed E-state index contributed by atoms with van der Waals surface area (Å²) in [6, 6.07) is 0. The quantitative estimate of drug-likeness (QED) is 0.581. The van der Waals surface area contributed by atoms with Crippen molar-refractivity contribution < 1.29 is 8.42 Å². The molecule has 16 heavy (non-hydrogen) atoms. The maximum Gasteiger partial charge on any atom is 0.148 e. The maximum absolute atomic E-state index is 10.9. The summed E-state index contributed by atoms with van der Waals surface area (Å²) in [6.45, 7) is 8.98. The van der Waals surface area contributed by atoms with Crippen molar-refractivity contribution in [3.05, 3.63) is 0 Å². The van der Waals surface area contributed by atoms with E-state index in [1.807, 2.05) is 0 Å². The molecule has 0 saturated heterocycles. The predicted octanol–water partition coefficient (Wildman–Crippen LogP) is 0.743. The summed E-state index contributed by atoms with van der Waals surface area (Å²) in [5, 5.41) is 3.16. The minimum atomic E-state index is -2.82. The lowest BCUT2D eigenvalue weighted by atomic mass is 10.3. The van der Waals surface area contributed by atoms with Crippen molar-refractivity contribution in [3.63, 3.8) is 0 Å². The third kappa shape index (κ3) is 10.4. The molecule has 4 nitrogen and oxygen atoms in total. The molecule has 0 aromatic rings. The summed E-state index contributed by atoms with van der Waals surface area (Å²) in [5.74, 6) is 0.230. The van der Waals surface area contributed by atoms with Gasteiger partial charge in [0.25, 0.3) is 0 Å². The van der Waals surface area contributed by atoms with Crippen LogP contribution in [0.3, 0.4) is 0 Å². The van der Waals surface area contributed by atoms with Gasteiger partial charge in [0.1, 0.15) is 9.84 Å². The van der Waals surface area contributed by atoms with Crippen LogP contribution in [0.1, 0.15) is 26.7 Å². The minimum Gasteiger partial charge on any atom is -0.314 e. The molecule has 0 rings (SSSR count).